The molecule has 5 nitrogen and oxygen atoms in total. The van der Waals surface area contributed by atoms with E-state index in [1.165, 1.54) is 48.5 Å². The molecule has 0 aromatic heterocycles. The Morgan fingerprint density at radius 1 is 0.750 bits per heavy atom. The molecule has 2 N–H and O–H groups in total. The van der Waals surface area contributed by atoms with E-state index in [4.69, 9.17) is 4.74 Å². The number of carbonyl (C=O) groups excluding carboxylic acids is 2. The molecule has 7 heteroatoms. The van der Waals surface area contributed by atoms with Crippen molar-refractivity contribution in [2.45, 2.75) is 0 Å². The largest absolute Gasteiger partial charge is 0.483 e. The number of para-hydroxylation sites is 3. The van der Waals surface area contributed by atoms with Crippen molar-refractivity contribution in [3.05, 3.63) is 90.0 Å². The maximum absolute atomic E-state index is 13.7. The molecule has 0 spiro atoms. The Hall–Kier alpha value is -3.74. The Balaban J connectivity index is 1.67. The molecule has 0 bridgehead atoms. The summed E-state index contributed by atoms with van der Waals surface area (Å²) in [5, 5.41) is 4.85. The number of ether oxygens (including phenoxy) is 1. The summed E-state index contributed by atoms with van der Waals surface area (Å²) in [6.45, 7) is -0.432. The molecule has 28 heavy (non-hydrogen) atoms. The van der Waals surface area contributed by atoms with E-state index in [-0.39, 0.29) is 22.7 Å². The van der Waals surface area contributed by atoms with Crippen molar-refractivity contribution in [1.29, 1.82) is 0 Å². The lowest BCUT2D eigenvalue weighted by Gasteiger charge is -2.12. The zero-order chi connectivity index (χ0) is 19.9. The minimum Gasteiger partial charge on any atom is -0.483 e. The monoisotopic (exact) mass is 382 g/mol. The predicted octanol–water partition coefficient (Wildman–Crippen LogP) is 4.23. The van der Waals surface area contributed by atoms with E-state index in [9.17, 15) is 18.4 Å². The molecule has 0 fully saturated rings. The molecule has 2 amide bonds. The van der Waals surface area contributed by atoms with Gasteiger partial charge < -0.3 is 15.4 Å². The van der Waals surface area contributed by atoms with Gasteiger partial charge in [0.15, 0.2) is 6.61 Å². The van der Waals surface area contributed by atoms with Gasteiger partial charge in [-0.05, 0) is 36.4 Å². The lowest BCUT2D eigenvalue weighted by Crippen LogP contribution is -2.22. The average Bonchev–Trinajstić information content (AvgIpc) is 2.70. The number of nitrogens with one attached hydrogen (secondary N) is 2. The average molecular weight is 382 g/mol. The zero-order valence-corrected chi connectivity index (χ0v) is 14.6. The third-order valence-electron chi connectivity index (χ3n) is 3.76. The third kappa shape index (κ3) is 4.70. The van der Waals surface area contributed by atoms with Crippen LogP contribution in [0.3, 0.4) is 0 Å². The lowest BCUT2D eigenvalue weighted by molar-refractivity contribution is -0.118. The molecule has 0 aliphatic carbocycles. The highest BCUT2D eigenvalue weighted by molar-refractivity contribution is 6.06. The number of carbonyl (C=O) groups is 2. The van der Waals surface area contributed by atoms with Crippen LogP contribution in [-0.4, -0.2) is 18.4 Å². The number of rotatable bonds is 6. The van der Waals surface area contributed by atoms with Crippen molar-refractivity contribution < 1.29 is 23.1 Å². The van der Waals surface area contributed by atoms with Gasteiger partial charge >= 0.3 is 0 Å². The Morgan fingerprint density at radius 3 is 1.93 bits per heavy atom. The minimum atomic E-state index is -0.589. The SMILES string of the molecule is O=C(COc1ccccc1C(=O)Nc1ccccc1F)Nc1ccccc1F. The fourth-order valence-corrected chi connectivity index (χ4v) is 2.42. The second kappa shape index (κ2) is 8.77. The van der Waals surface area contributed by atoms with Crippen LogP contribution in [0.25, 0.3) is 0 Å². The van der Waals surface area contributed by atoms with Crippen molar-refractivity contribution in [3.63, 3.8) is 0 Å². The van der Waals surface area contributed by atoms with E-state index in [2.05, 4.69) is 10.6 Å². The smallest absolute Gasteiger partial charge is 0.262 e. The van der Waals surface area contributed by atoms with Crippen LogP contribution in [-0.2, 0) is 4.79 Å². The van der Waals surface area contributed by atoms with Crippen molar-refractivity contribution in [2.24, 2.45) is 0 Å². The van der Waals surface area contributed by atoms with Gasteiger partial charge in [-0.2, -0.15) is 0 Å². The van der Waals surface area contributed by atoms with Crippen molar-refractivity contribution >= 4 is 23.2 Å². The molecule has 0 heterocycles. The van der Waals surface area contributed by atoms with Gasteiger partial charge in [0.1, 0.15) is 17.4 Å². The van der Waals surface area contributed by atoms with Gasteiger partial charge in [0.2, 0.25) is 0 Å². The van der Waals surface area contributed by atoms with Gasteiger partial charge in [-0.1, -0.05) is 36.4 Å². The Kier molecular flexibility index (Phi) is 5.96. The fourth-order valence-electron chi connectivity index (χ4n) is 2.42. The molecule has 3 aromatic carbocycles. The van der Waals surface area contributed by atoms with Gasteiger partial charge in [-0.15, -0.1) is 0 Å². The first kappa shape index (κ1) is 19.0. The summed E-state index contributed by atoms with van der Waals surface area (Å²) in [7, 11) is 0. The molecule has 3 aromatic rings. The molecule has 0 unspecified atom stereocenters. The highest BCUT2D eigenvalue weighted by Crippen LogP contribution is 2.21. The van der Waals surface area contributed by atoms with Crippen LogP contribution in [0.2, 0.25) is 0 Å². The van der Waals surface area contributed by atoms with Crippen LogP contribution in [0.4, 0.5) is 20.2 Å². The second-order valence-electron chi connectivity index (χ2n) is 5.75. The molecule has 0 radical (unpaired) electrons. The molecule has 0 saturated heterocycles. The summed E-state index contributed by atoms with van der Waals surface area (Å²) in [6, 6.07) is 17.7. The van der Waals surface area contributed by atoms with Crippen LogP contribution in [0.1, 0.15) is 10.4 Å². The van der Waals surface area contributed by atoms with Crippen LogP contribution < -0.4 is 15.4 Å². The fraction of sp³-hybridized carbons (Fsp3) is 0.0476. The summed E-state index contributed by atoms with van der Waals surface area (Å²) in [5.74, 6) is -2.18. The van der Waals surface area contributed by atoms with Gasteiger partial charge in [-0.25, -0.2) is 8.78 Å². The molecular formula is C21H16F2N2O3. The van der Waals surface area contributed by atoms with Crippen molar-refractivity contribution in [1.82, 2.24) is 0 Å². The number of anilines is 2. The molecule has 3 rings (SSSR count). The summed E-state index contributed by atoms with van der Waals surface area (Å²) >= 11 is 0. The molecule has 0 atom stereocenters. The summed E-state index contributed by atoms with van der Waals surface area (Å²) in [6.07, 6.45) is 0. The maximum Gasteiger partial charge on any atom is 0.262 e. The number of benzene rings is 3. The summed E-state index contributed by atoms with van der Waals surface area (Å²) in [5.41, 5.74) is 0.186. The van der Waals surface area contributed by atoms with E-state index < -0.39 is 30.1 Å². The third-order valence-corrected chi connectivity index (χ3v) is 3.76. The number of amides is 2. The second-order valence-corrected chi connectivity index (χ2v) is 5.75. The molecule has 0 aliphatic heterocycles. The van der Waals surface area contributed by atoms with Gasteiger partial charge in [0.05, 0.1) is 16.9 Å². The number of hydrogen-bond donors (Lipinski definition) is 2. The van der Waals surface area contributed by atoms with E-state index >= 15 is 0 Å². The van der Waals surface area contributed by atoms with Gasteiger partial charge in [-0.3, -0.25) is 9.59 Å². The quantitative estimate of drug-likeness (QED) is 0.670. The van der Waals surface area contributed by atoms with Crippen molar-refractivity contribution in [3.8, 4) is 5.75 Å². The van der Waals surface area contributed by atoms with Crippen LogP contribution >= 0.6 is 0 Å². The van der Waals surface area contributed by atoms with E-state index in [0.717, 1.165) is 0 Å². The lowest BCUT2D eigenvalue weighted by atomic mass is 10.2. The van der Waals surface area contributed by atoms with E-state index in [1.54, 1.807) is 24.3 Å². The van der Waals surface area contributed by atoms with Crippen LogP contribution in [0, 0.1) is 11.6 Å². The molecule has 0 saturated carbocycles. The Bertz CT molecular complexity index is 1010. The first-order valence-electron chi connectivity index (χ1n) is 8.36. The molecular weight excluding hydrogens is 366 g/mol. The Labute approximate surface area is 160 Å². The first-order chi connectivity index (χ1) is 13.5. The standard InChI is InChI=1S/C21H16F2N2O3/c22-15-8-2-4-10-17(15)24-20(26)13-28-19-12-6-1-7-14(19)21(27)25-18-11-5-3-9-16(18)23/h1-12H,13H2,(H,24,26)(H,25,27). The topological polar surface area (TPSA) is 67.4 Å². The highest BCUT2D eigenvalue weighted by Gasteiger charge is 2.15. The number of hydrogen-bond acceptors (Lipinski definition) is 3. The first-order valence-corrected chi connectivity index (χ1v) is 8.36. The van der Waals surface area contributed by atoms with Gasteiger partial charge in [0, 0.05) is 0 Å². The van der Waals surface area contributed by atoms with Crippen LogP contribution in [0.15, 0.2) is 72.8 Å². The van der Waals surface area contributed by atoms with Crippen molar-refractivity contribution in [2.75, 3.05) is 17.2 Å². The number of halogens is 2. The van der Waals surface area contributed by atoms with E-state index in [1.807, 2.05) is 0 Å². The Morgan fingerprint density at radius 2 is 1.29 bits per heavy atom. The van der Waals surface area contributed by atoms with E-state index in [0.29, 0.717) is 0 Å². The summed E-state index contributed by atoms with van der Waals surface area (Å²) < 4.78 is 32.7. The normalized spacial score (nSPS) is 10.2. The zero-order valence-electron chi connectivity index (χ0n) is 14.6. The van der Waals surface area contributed by atoms with Crippen LogP contribution in [0.5, 0.6) is 5.75 Å². The summed E-state index contributed by atoms with van der Waals surface area (Å²) in [4.78, 5) is 24.5. The minimum absolute atomic E-state index is 0.0274. The highest BCUT2D eigenvalue weighted by atomic mass is 19.1. The molecule has 0 aliphatic rings. The maximum atomic E-state index is 13.7. The molecule has 142 valence electrons. The van der Waals surface area contributed by atoms with Gasteiger partial charge in [0.25, 0.3) is 11.8 Å². The predicted molar refractivity (Wildman–Crippen MR) is 101 cm³/mol.